The topological polar surface area (TPSA) is 87.1 Å². The molecule has 4 rings (SSSR count). The van der Waals surface area contributed by atoms with Crippen molar-refractivity contribution in [2.75, 3.05) is 13.7 Å². The Bertz CT molecular complexity index is 1220. The number of aliphatic hydroxyl groups excluding tert-OH is 1. The third-order valence-corrected chi connectivity index (χ3v) is 5.87. The van der Waals surface area contributed by atoms with Gasteiger partial charge in [0.1, 0.15) is 5.76 Å². The number of aliphatic hydroxyl groups is 1. The Kier molecular flexibility index (Phi) is 6.18. The van der Waals surface area contributed by atoms with E-state index in [0.29, 0.717) is 17.5 Å². The Morgan fingerprint density at radius 1 is 1.00 bits per heavy atom. The molecule has 1 unspecified atom stereocenters. The number of hydrogen-bond donors (Lipinski definition) is 2. The first-order chi connectivity index (χ1) is 15.9. The number of ketones is 1. The normalized spacial score (nSPS) is 17.4. The van der Waals surface area contributed by atoms with E-state index in [1.807, 2.05) is 49.4 Å². The maximum Gasteiger partial charge on any atom is 0.295 e. The summed E-state index contributed by atoms with van der Waals surface area (Å²) in [4.78, 5) is 27.7. The highest BCUT2D eigenvalue weighted by molar-refractivity contribution is 6.46. The zero-order valence-corrected chi connectivity index (χ0v) is 18.5. The van der Waals surface area contributed by atoms with Crippen LogP contribution in [-0.4, -0.2) is 40.5 Å². The lowest BCUT2D eigenvalue weighted by Crippen LogP contribution is -2.31. The number of carbonyl (C=O) groups excluding carboxylic acids is 2. The van der Waals surface area contributed by atoms with E-state index in [4.69, 9.17) is 4.74 Å². The van der Waals surface area contributed by atoms with Crippen molar-refractivity contribution in [1.29, 1.82) is 0 Å². The molecule has 2 N–H and O–H groups in total. The SMILES string of the molecule is COc1cc(C2/C(=C(\O)c3ccc(C)cc3)C(=O)C(=O)N2CCc2ccccc2)ccc1O. The van der Waals surface area contributed by atoms with E-state index in [0.717, 1.165) is 11.1 Å². The number of likely N-dealkylation sites (tertiary alicyclic amines) is 1. The summed E-state index contributed by atoms with van der Waals surface area (Å²) >= 11 is 0. The van der Waals surface area contributed by atoms with Gasteiger partial charge in [-0.25, -0.2) is 0 Å². The van der Waals surface area contributed by atoms with Crippen LogP contribution in [0.5, 0.6) is 11.5 Å². The number of Topliss-reactive ketones (excluding diaryl/α,β-unsaturated/α-hetero) is 1. The summed E-state index contributed by atoms with van der Waals surface area (Å²) in [6, 6.07) is 20.6. The highest BCUT2D eigenvalue weighted by Gasteiger charge is 2.46. The second-order valence-electron chi connectivity index (χ2n) is 8.03. The summed E-state index contributed by atoms with van der Waals surface area (Å²) in [5, 5.41) is 21.2. The van der Waals surface area contributed by atoms with Crippen LogP contribution in [0.25, 0.3) is 5.76 Å². The predicted molar refractivity (Wildman–Crippen MR) is 125 cm³/mol. The molecule has 3 aromatic carbocycles. The Labute approximate surface area is 192 Å². The molecule has 1 heterocycles. The molecule has 1 atom stereocenters. The van der Waals surface area contributed by atoms with Crippen LogP contribution in [0.15, 0.2) is 78.4 Å². The molecule has 0 spiro atoms. The summed E-state index contributed by atoms with van der Waals surface area (Å²) in [5.41, 5.74) is 3.07. The van der Waals surface area contributed by atoms with Gasteiger partial charge in [0.15, 0.2) is 11.5 Å². The molecule has 6 heteroatoms. The van der Waals surface area contributed by atoms with Gasteiger partial charge in [-0.1, -0.05) is 66.2 Å². The molecule has 0 aliphatic carbocycles. The van der Waals surface area contributed by atoms with Gasteiger partial charge in [-0.3, -0.25) is 9.59 Å². The smallest absolute Gasteiger partial charge is 0.295 e. The fraction of sp³-hybridized carbons (Fsp3) is 0.185. The molecule has 168 valence electrons. The molecule has 0 aromatic heterocycles. The predicted octanol–water partition coefficient (Wildman–Crippen LogP) is 4.37. The number of benzene rings is 3. The average molecular weight is 443 g/mol. The van der Waals surface area contributed by atoms with Gasteiger partial charge >= 0.3 is 0 Å². The molecule has 6 nitrogen and oxygen atoms in total. The van der Waals surface area contributed by atoms with Crippen LogP contribution in [-0.2, 0) is 16.0 Å². The monoisotopic (exact) mass is 443 g/mol. The van der Waals surface area contributed by atoms with Crippen molar-refractivity contribution in [2.24, 2.45) is 0 Å². The number of phenols is 1. The van der Waals surface area contributed by atoms with Crippen LogP contribution < -0.4 is 4.74 Å². The van der Waals surface area contributed by atoms with E-state index in [2.05, 4.69) is 0 Å². The summed E-state index contributed by atoms with van der Waals surface area (Å²) in [7, 11) is 1.43. The summed E-state index contributed by atoms with van der Waals surface area (Å²) < 4.78 is 5.24. The number of phenolic OH excluding ortho intramolecular Hbond substituents is 1. The molecule has 1 fully saturated rings. The van der Waals surface area contributed by atoms with Gasteiger partial charge in [-0.2, -0.15) is 0 Å². The minimum Gasteiger partial charge on any atom is -0.507 e. The van der Waals surface area contributed by atoms with E-state index >= 15 is 0 Å². The first kappa shape index (κ1) is 22.1. The first-order valence-corrected chi connectivity index (χ1v) is 10.7. The lowest BCUT2D eigenvalue weighted by atomic mass is 9.94. The molecule has 3 aromatic rings. The first-order valence-electron chi connectivity index (χ1n) is 10.7. The maximum absolute atomic E-state index is 13.1. The second-order valence-corrected chi connectivity index (χ2v) is 8.03. The van der Waals surface area contributed by atoms with E-state index in [9.17, 15) is 19.8 Å². The summed E-state index contributed by atoms with van der Waals surface area (Å²) in [6.45, 7) is 2.21. The largest absolute Gasteiger partial charge is 0.507 e. The number of hydrogen-bond acceptors (Lipinski definition) is 5. The zero-order chi connectivity index (χ0) is 23.5. The highest BCUT2D eigenvalue weighted by atomic mass is 16.5. The number of ether oxygens (including phenoxy) is 1. The molecule has 33 heavy (non-hydrogen) atoms. The number of rotatable bonds is 6. The standard InChI is InChI=1S/C27H25NO5/c1-17-8-10-19(11-9-17)25(30)23-24(20-12-13-21(29)22(16-20)33-2)28(27(32)26(23)31)15-14-18-6-4-3-5-7-18/h3-13,16,24,29-30H,14-15H2,1-2H3/b25-23+. The van der Waals surface area contributed by atoms with E-state index in [-0.39, 0.29) is 29.4 Å². The van der Waals surface area contributed by atoms with Gasteiger partial charge < -0.3 is 19.8 Å². The van der Waals surface area contributed by atoms with Gasteiger partial charge in [-0.05, 0) is 36.6 Å². The maximum atomic E-state index is 13.1. The van der Waals surface area contributed by atoms with Gasteiger partial charge in [-0.15, -0.1) is 0 Å². The minimum absolute atomic E-state index is 0.0182. The van der Waals surface area contributed by atoms with E-state index in [1.54, 1.807) is 24.3 Å². The Morgan fingerprint density at radius 3 is 2.36 bits per heavy atom. The van der Waals surface area contributed by atoms with Crippen LogP contribution in [0.4, 0.5) is 0 Å². The van der Waals surface area contributed by atoms with Crippen LogP contribution in [0, 0.1) is 6.92 Å². The summed E-state index contributed by atoms with van der Waals surface area (Å²) in [6.07, 6.45) is 0.546. The Morgan fingerprint density at radius 2 is 1.70 bits per heavy atom. The number of nitrogens with zero attached hydrogens (tertiary/aromatic N) is 1. The second kappa shape index (κ2) is 9.20. The number of methoxy groups -OCH3 is 1. The number of aryl methyl sites for hydroxylation is 1. The van der Waals surface area contributed by atoms with Gasteiger partial charge in [0, 0.05) is 12.1 Å². The van der Waals surface area contributed by atoms with Crippen molar-refractivity contribution in [1.82, 2.24) is 4.90 Å². The van der Waals surface area contributed by atoms with Crippen molar-refractivity contribution >= 4 is 17.4 Å². The lowest BCUT2D eigenvalue weighted by Gasteiger charge is -2.26. The van der Waals surface area contributed by atoms with Crippen LogP contribution in [0.2, 0.25) is 0 Å². The van der Waals surface area contributed by atoms with Crippen molar-refractivity contribution in [3.8, 4) is 11.5 Å². The molecule has 1 amide bonds. The quantitative estimate of drug-likeness (QED) is 0.336. The van der Waals surface area contributed by atoms with Crippen molar-refractivity contribution in [2.45, 2.75) is 19.4 Å². The average Bonchev–Trinajstić information content (AvgIpc) is 3.08. The lowest BCUT2D eigenvalue weighted by molar-refractivity contribution is -0.139. The fourth-order valence-corrected chi connectivity index (χ4v) is 4.08. The van der Waals surface area contributed by atoms with Crippen molar-refractivity contribution in [3.63, 3.8) is 0 Å². The number of aromatic hydroxyl groups is 1. The molecule has 0 saturated carbocycles. The van der Waals surface area contributed by atoms with Gasteiger partial charge in [0.05, 0.1) is 18.7 Å². The summed E-state index contributed by atoms with van der Waals surface area (Å²) in [5.74, 6) is -1.47. The van der Waals surface area contributed by atoms with Crippen LogP contribution in [0.1, 0.15) is 28.3 Å². The van der Waals surface area contributed by atoms with E-state index in [1.165, 1.54) is 18.1 Å². The molecule has 1 saturated heterocycles. The van der Waals surface area contributed by atoms with Crippen molar-refractivity contribution < 1.29 is 24.5 Å². The van der Waals surface area contributed by atoms with Gasteiger partial charge in [0.25, 0.3) is 11.7 Å². The molecule has 0 radical (unpaired) electrons. The molecule has 1 aliphatic rings. The van der Waals surface area contributed by atoms with Gasteiger partial charge in [0.2, 0.25) is 0 Å². The number of carbonyl (C=O) groups is 2. The molecule has 0 bridgehead atoms. The zero-order valence-electron chi connectivity index (χ0n) is 18.5. The molecular weight excluding hydrogens is 418 g/mol. The van der Waals surface area contributed by atoms with Crippen LogP contribution in [0.3, 0.4) is 0 Å². The molecule has 1 aliphatic heterocycles. The highest BCUT2D eigenvalue weighted by Crippen LogP contribution is 2.41. The fourth-order valence-electron chi connectivity index (χ4n) is 4.08. The molecular formula is C27H25NO5. The van der Waals surface area contributed by atoms with Crippen LogP contribution >= 0.6 is 0 Å². The minimum atomic E-state index is -0.815. The van der Waals surface area contributed by atoms with E-state index < -0.39 is 17.7 Å². The number of amides is 1. The third kappa shape index (κ3) is 4.32. The Balaban J connectivity index is 1.82. The Hall–Kier alpha value is -4.06. The third-order valence-electron chi connectivity index (χ3n) is 5.87. The van der Waals surface area contributed by atoms with Crippen molar-refractivity contribution in [3.05, 3.63) is 101 Å².